The van der Waals surface area contributed by atoms with Crippen molar-refractivity contribution in [2.75, 3.05) is 0 Å². The van der Waals surface area contributed by atoms with E-state index in [1.807, 2.05) is 0 Å². The molecule has 0 nitrogen and oxygen atoms in total. The molecular weight excluding hydrogens is 296 g/mol. The van der Waals surface area contributed by atoms with E-state index in [9.17, 15) is 0 Å². The molecule has 0 aliphatic heterocycles. The molecule has 0 saturated carbocycles. The molecule has 2 heteroatoms. The summed E-state index contributed by atoms with van der Waals surface area (Å²) in [6.45, 7) is 13.7. The van der Waals surface area contributed by atoms with Crippen LogP contribution in [0.3, 0.4) is 0 Å². The van der Waals surface area contributed by atoms with Crippen molar-refractivity contribution in [2.45, 2.75) is 64.6 Å². The Morgan fingerprint density at radius 3 is 1.50 bits per heavy atom. The van der Waals surface area contributed by atoms with Crippen LogP contribution in [0.4, 0.5) is 0 Å². The summed E-state index contributed by atoms with van der Waals surface area (Å²) in [5.41, 5.74) is 6.00. The van der Waals surface area contributed by atoms with E-state index in [0.29, 0.717) is 17.8 Å². The molecule has 0 spiro atoms. The van der Waals surface area contributed by atoms with Gasteiger partial charge in [0.15, 0.2) is 0 Å². The van der Waals surface area contributed by atoms with Gasteiger partial charge in [0, 0.05) is 5.33 Å². The molecular formula is C16H27BrMg. The summed E-state index contributed by atoms with van der Waals surface area (Å²) in [5, 5.41) is 0.965. The molecule has 0 unspecified atom stereocenters. The maximum Gasteiger partial charge on any atom is 2.00 e. The van der Waals surface area contributed by atoms with Crippen LogP contribution in [0.5, 0.6) is 0 Å². The first-order valence-electron chi connectivity index (χ1n) is 6.61. The van der Waals surface area contributed by atoms with Crippen LogP contribution in [-0.2, 0) is 5.33 Å². The average Bonchev–Trinajstić information content (AvgIpc) is 2.26. The van der Waals surface area contributed by atoms with E-state index in [1.165, 1.54) is 22.3 Å². The van der Waals surface area contributed by atoms with Gasteiger partial charge >= 0.3 is 23.1 Å². The number of halogens is 1. The Bertz CT molecular complexity index is 361. The Hall–Kier alpha value is 0.466. The Balaban J connectivity index is -0.000000963. The maximum absolute atomic E-state index is 3.66. The zero-order valence-electron chi connectivity index (χ0n) is 14.7. The SMILES string of the molecule is CC(C)c1cc(C(C)C)c(CBr)c(C(C)C)c1.[H-].[H-].[Mg+2]. The molecule has 1 rings (SSSR count). The van der Waals surface area contributed by atoms with Gasteiger partial charge in [-0.3, -0.25) is 0 Å². The molecule has 0 saturated heterocycles. The summed E-state index contributed by atoms with van der Waals surface area (Å²) in [7, 11) is 0. The molecule has 0 heterocycles. The standard InChI is InChI=1S/C16H25Br.Mg.2H/c1-10(2)13-7-14(11(3)4)16(9-17)15(8-13)12(5)6;;;/h7-8,10-12H,9H2,1-6H3;;;/q;+2;2*-1. The summed E-state index contributed by atoms with van der Waals surface area (Å²) < 4.78 is 0. The summed E-state index contributed by atoms with van der Waals surface area (Å²) >= 11 is 3.66. The molecule has 0 N–H and O–H groups in total. The van der Waals surface area contributed by atoms with Crippen molar-refractivity contribution >= 4 is 39.0 Å². The number of hydrogen-bond acceptors (Lipinski definition) is 0. The van der Waals surface area contributed by atoms with Gasteiger partial charge in [-0.1, -0.05) is 69.6 Å². The van der Waals surface area contributed by atoms with E-state index in [1.54, 1.807) is 0 Å². The topological polar surface area (TPSA) is 0 Å². The Kier molecular flexibility index (Phi) is 8.12. The van der Waals surface area contributed by atoms with Crippen LogP contribution in [0.2, 0.25) is 0 Å². The van der Waals surface area contributed by atoms with Crippen molar-refractivity contribution in [1.82, 2.24) is 0 Å². The summed E-state index contributed by atoms with van der Waals surface area (Å²) in [6, 6.07) is 4.80. The summed E-state index contributed by atoms with van der Waals surface area (Å²) in [6.07, 6.45) is 0. The van der Waals surface area contributed by atoms with Crippen LogP contribution >= 0.6 is 15.9 Å². The number of alkyl halides is 1. The van der Waals surface area contributed by atoms with Gasteiger partial charge in [-0.25, -0.2) is 0 Å². The quantitative estimate of drug-likeness (QED) is 0.485. The first-order valence-corrected chi connectivity index (χ1v) is 7.73. The summed E-state index contributed by atoms with van der Waals surface area (Å²) in [4.78, 5) is 0. The van der Waals surface area contributed by atoms with Gasteiger partial charge in [-0.05, 0) is 40.0 Å². The molecule has 0 fully saturated rings. The molecule has 1 aromatic carbocycles. The largest absolute Gasteiger partial charge is 2.00 e. The fraction of sp³-hybridized carbons (Fsp3) is 0.625. The fourth-order valence-corrected chi connectivity index (χ4v) is 2.91. The van der Waals surface area contributed by atoms with Crippen molar-refractivity contribution < 1.29 is 2.85 Å². The van der Waals surface area contributed by atoms with E-state index in [0.717, 1.165) is 5.33 Å². The van der Waals surface area contributed by atoms with Crippen LogP contribution in [-0.4, -0.2) is 23.1 Å². The molecule has 100 valence electrons. The molecule has 0 aliphatic rings. The second kappa shape index (κ2) is 7.91. The van der Waals surface area contributed by atoms with Gasteiger partial charge in [0.2, 0.25) is 0 Å². The monoisotopic (exact) mass is 322 g/mol. The molecule has 0 amide bonds. The average molecular weight is 324 g/mol. The van der Waals surface area contributed by atoms with Crippen LogP contribution in [0.1, 0.15) is 84.4 Å². The molecule has 0 aliphatic carbocycles. The third kappa shape index (κ3) is 4.24. The zero-order valence-corrected chi connectivity index (χ0v) is 15.7. The molecule has 1 aromatic rings. The first kappa shape index (κ1) is 18.5. The Labute approximate surface area is 140 Å². The van der Waals surface area contributed by atoms with Gasteiger partial charge in [0.05, 0.1) is 0 Å². The van der Waals surface area contributed by atoms with E-state index < -0.39 is 0 Å². The minimum atomic E-state index is 0. The third-order valence-corrected chi connectivity index (χ3v) is 3.95. The Morgan fingerprint density at radius 2 is 1.28 bits per heavy atom. The first-order chi connectivity index (χ1) is 7.88. The molecule has 18 heavy (non-hydrogen) atoms. The Morgan fingerprint density at radius 1 is 0.889 bits per heavy atom. The third-order valence-electron chi connectivity index (χ3n) is 3.39. The minimum absolute atomic E-state index is 0. The molecule has 0 aromatic heterocycles. The predicted octanol–water partition coefficient (Wildman–Crippen LogP) is 5.80. The van der Waals surface area contributed by atoms with Gasteiger partial charge in [-0.2, -0.15) is 0 Å². The number of hydrogen-bond donors (Lipinski definition) is 0. The van der Waals surface area contributed by atoms with E-state index in [2.05, 4.69) is 69.6 Å². The molecule has 0 atom stereocenters. The van der Waals surface area contributed by atoms with Gasteiger partial charge in [0.25, 0.3) is 0 Å². The maximum atomic E-state index is 3.66. The van der Waals surface area contributed by atoms with Crippen LogP contribution < -0.4 is 0 Å². The van der Waals surface area contributed by atoms with Gasteiger partial charge in [0.1, 0.15) is 0 Å². The van der Waals surface area contributed by atoms with Gasteiger partial charge in [-0.15, -0.1) is 0 Å². The van der Waals surface area contributed by atoms with E-state index in [-0.39, 0.29) is 25.9 Å². The smallest absolute Gasteiger partial charge is 1.00 e. The van der Waals surface area contributed by atoms with Crippen molar-refractivity contribution in [1.29, 1.82) is 0 Å². The summed E-state index contributed by atoms with van der Waals surface area (Å²) in [5.74, 6) is 1.80. The molecule has 0 bridgehead atoms. The normalized spacial score (nSPS) is 11.2. The minimum Gasteiger partial charge on any atom is -1.00 e. The van der Waals surface area contributed by atoms with Crippen molar-refractivity contribution in [3.8, 4) is 0 Å². The zero-order chi connectivity index (χ0) is 13.2. The second-order valence-electron chi connectivity index (χ2n) is 5.78. The van der Waals surface area contributed by atoms with E-state index >= 15 is 0 Å². The molecule has 0 radical (unpaired) electrons. The van der Waals surface area contributed by atoms with Crippen LogP contribution in [0.25, 0.3) is 0 Å². The second-order valence-corrected chi connectivity index (χ2v) is 6.34. The van der Waals surface area contributed by atoms with Crippen molar-refractivity contribution in [2.24, 2.45) is 0 Å². The van der Waals surface area contributed by atoms with Crippen molar-refractivity contribution in [3.05, 3.63) is 34.4 Å². The van der Waals surface area contributed by atoms with Crippen LogP contribution in [0, 0.1) is 0 Å². The van der Waals surface area contributed by atoms with Crippen LogP contribution in [0.15, 0.2) is 12.1 Å². The van der Waals surface area contributed by atoms with E-state index in [4.69, 9.17) is 0 Å². The predicted molar refractivity (Wildman–Crippen MR) is 89.3 cm³/mol. The van der Waals surface area contributed by atoms with Gasteiger partial charge < -0.3 is 2.85 Å². The fourth-order valence-electron chi connectivity index (χ4n) is 2.26. The van der Waals surface area contributed by atoms with Crippen molar-refractivity contribution in [3.63, 3.8) is 0 Å². The number of rotatable bonds is 4. The number of benzene rings is 1.